The summed E-state index contributed by atoms with van der Waals surface area (Å²) in [7, 11) is 1.99. The van der Waals surface area contributed by atoms with Crippen LogP contribution in [0.4, 0.5) is 0 Å². The lowest BCUT2D eigenvalue weighted by Crippen LogP contribution is -2.46. The van der Waals surface area contributed by atoms with Gasteiger partial charge in [-0.15, -0.1) is 0 Å². The number of aromatic nitrogens is 1. The monoisotopic (exact) mass is 296 g/mol. The third-order valence-corrected chi connectivity index (χ3v) is 4.42. The molecule has 2 heterocycles. The van der Waals surface area contributed by atoms with Crippen LogP contribution in [0, 0.1) is 11.3 Å². The lowest BCUT2D eigenvalue weighted by Gasteiger charge is -2.23. The van der Waals surface area contributed by atoms with Gasteiger partial charge in [-0.05, 0) is 30.9 Å². The molecular formula is C17H20N4O. The maximum Gasteiger partial charge on any atom is 0.240 e. The highest BCUT2D eigenvalue weighted by Gasteiger charge is 2.31. The van der Waals surface area contributed by atoms with Crippen LogP contribution in [0.1, 0.15) is 18.4 Å². The first-order chi connectivity index (χ1) is 10.6. The Morgan fingerprint density at radius 2 is 2.27 bits per heavy atom. The zero-order valence-electron chi connectivity index (χ0n) is 12.7. The minimum absolute atomic E-state index is 0.114. The van der Waals surface area contributed by atoms with Crippen molar-refractivity contribution in [3.05, 3.63) is 36.0 Å². The van der Waals surface area contributed by atoms with Gasteiger partial charge in [0.15, 0.2) is 0 Å². The Morgan fingerprint density at radius 3 is 3.05 bits per heavy atom. The predicted octanol–water partition coefficient (Wildman–Crippen LogP) is 1.56. The number of fused-ring (bicyclic) bond motifs is 1. The van der Waals surface area contributed by atoms with E-state index in [4.69, 9.17) is 11.0 Å². The summed E-state index contributed by atoms with van der Waals surface area (Å²) in [5.41, 5.74) is 8.34. The minimum Gasteiger partial charge on any atom is -0.350 e. The zero-order valence-corrected chi connectivity index (χ0v) is 12.7. The van der Waals surface area contributed by atoms with Gasteiger partial charge in [-0.2, -0.15) is 5.26 Å². The Hall–Kier alpha value is -2.32. The molecule has 0 spiro atoms. The van der Waals surface area contributed by atoms with Crippen LogP contribution in [0.3, 0.4) is 0 Å². The fourth-order valence-electron chi connectivity index (χ4n) is 3.29. The van der Waals surface area contributed by atoms with Crippen molar-refractivity contribution in [3.63, 3.8) is 0 Å². The first kappa shape index (κ1) is 14.6. The molecular weight excluding hydrogens is 276 g/mol. The first-order valence-corrected chi connectivity index (χ1v) is 7.60. The molecule has 1 aliphatic heterocycles. The van der Waals surface area contributed by atoms with Crippen molar-refractivity contribution < 1.29 is 4.79 Å². The average Bonchev–Trinajstić information content (AvgIpc) is 3.12. The van der Waals surface area contributed by atoms with E-state index in [0.29, 0.717) is 13.0 Å². The highest BCUT2D eigenvalue weighted by atomic mass is 16.2. The summed E-state index contributed by atoms with van der Waals surface area (Å²) >= 11 is 0. The number of hydrogen-bond acceptors (Lipinski definition) is 3. The van der Waals surface area contributed by atoms with E-state index in [1.807, 2.05) is 25.4 Å². The highest BCUT2D eigenvalue weighted by Crippen LogP contribution is 2.23. The summed E-state index contributed by atoms with van der Waals surface area (Å²) in [6.45, 7) is 0.639. The standard InChI is InChI=1S/C17H20N4O/c1-20-11-12(14-6-2-3-7-16(14)20)9-15(19)17(22)21-8-4-5-13(21)10-18/h2-3,6-7,11,13,15H,4-5,8-9,19H2,1H3/t13-,15?/m0/s1. The zero-order chi connectivity index (χ0) is 15.7. The number of carbonyl (C=O) groups excluding carboxylic acids is 1. The summed E-state index contributed by atoms with van der Waals surface area (Å²) in [6.07, 6.45) is 4.16. The summed E-state index contributed by atoms with van der Waals surface area (Å²) in [5.74, 6) is -0.114. The molecule has 1 aliphatic rings. The molecule has 0 saturated carbocycles. The van der Waals surface area contributed by atoms with Gasteiger partial charge in [0.25, 0.3) is 0 Å². The number of carbonyl (C=O) groups is 1. The van der Waals surface area contributed by atoms with Crippen LogP contribution in [0.15, 0.2) is 30.5 Å². The Morgan fingerprint density at radius 1 is 1.50 bits per heavy atom. The van der Waals surface area contributed by atoms with Crippen molar-refractivity contribution in [1.29, 1.82) is 5.26 Å². The number of nitrogens with zero attached hydrogens (tertiary/aromatic N) is 3. The largest absolute Gasteiger partial charge is 0.350 e. The van der Waals surface area contributed by atoms with Crippen LogP contribution in [-0.4, -0.2) is 34.0 Å². The van der Waals surface area contributed by atoms with E-state index in [9.17, 15) is 4.79 Å². The molecule has 1 fully saturated rings. The number of nitriles is 1. The molecule has 1 amide bonds. The van der Waals surface area contributed by atoms with Crippen molar-refractivity contribution in [2.24, 2.45) is 12.8 Å². The van der Waals surface area contributed by atoms with Crippen molar-refractivity contribution in [3.8, 4) is 6.07 Å². The smallest absolute Gasteiger partial charge is 0.240 e. The van der Waals surface area contributed by atoms with E-state index in [1.54, 1.807) is 4.90 Å². The van der Waals surface area contributed by atoms with Crippen molar-refractivity contribution in [1.82, 2.24) is 9.47 Å². The second-order valence-corrected chi connectivity index (χ2v) is 5.91. The normalized spacial score (nSPS) is 19.3. The van der Waals surface area contributed by atoms with Gasteiger partial charge in [0.1, 0.15) is 6.04 Å². The number of nitrogens with two attached hydrogens (primary N) is 1. The van der Waals surface area contributed by atoms with E-state index < -0.39 is 6.04 Å². The quantitative estimate of drug-likeness (QED) is 0.934. The third-order valence-electron chi connectivity index (χ3n) is 4.42. The molecule has 1 aromatic carbocycles. The molecule has 22 heavy (non-hydrogen) atoms. The molecule has 1 unspecified atom stereocenters. The molecule has 2 N–H and O–H groups in total. The maximum atomic E-state index is 12.5. The van der Waals surface area contributed by atoms with Crippen LogP contribution in [-0.2, 0) is 18.3 Å². The van der Waals surface area contributed by atoms with E-state index in [1.165, 1.54) is 0 Å². The minimum atomic E-state index is -0.597. The Balaban J connectivity index is 1.80. The van der Waals surface area contributed by atoms with E-state index in [0.717, 1.165) is 29.3 Å². The summed E-state index contributed by atoms with van der Waals surface area (Å²) in [5, 5.41) is 10.2. The Bertz CT molecular complexity index is 743. The van der Waals surface area contributed by atoms with Gasteiger partial charge < -0.3 is 15.2 Å². The number of para-hydroxylation sites is 1. The molecule has 1 aromatic heterocycles. The van der Waals surface area contributed by atoms with Gasteiger partial charge in [-0.1, -0.05) is 18.2 Å². The van der Waals surface area contributed by atoms with Crippen LogP contribution < -0.4 is 5.73 Å². The maximum absolute atomic E-state index is 12.5. The fraction of sp³-hybridized carbons (Fsp3) is 0.412. The molecule has 5 heteroatoms. The molecule has 2 atom stereocenters. The van der Waals surface area contributed by atoms with E-state index >= 15 is 0 Å². The number of amides is 1. The lowest BCUT2D eigenvalue weighted by atomic mass is 10.0. The van der Waals surface area contributed by atoms with Gasteiger partial charge in [0, 0.05) is 30.7 Å². The second kappa shape index (κ2) is 5.82. The highest BCUT2D eigenvalue weighted by molar-refractivity contribution is 5.87. The van der Waals surface area contributed by atoms with Crippen molar-refractivity contribution in [2.75, 3.05) is 6.54 Å². The van der Waals surface area contributed by atoms with Gasteiger partial charge in [-0.25, -0.2) is 0 Å². The average molecular weight is 296 g/mol. The van der Waals surface area contributed by atoms with Crippen molar-refractivity contribution >= 4 is 16.8 Å². The molecule has 0 bridgehead atoms. The molecule has 2 aromatic rings. The topological polar surface area (TPSA) is 75.0 Å². The summed E-state index contributed by atoms with van der Waals surface area (Å²) in [4.78, 5) is 14.1. The molecule has 1 saturated heterocycles. The second-order valence-electron chi connectivity index (χ2n) is 5.91. The van der Waals surface area contributed by atoms with Crippen LogP contribution in [0.5, 0.6) is 0 Å². The molecule has 114 valence electrons. The summed E-state index contributed by atoms with van der Waals surface area (Å²) in [6, 6.07) is 9.38. The van der Waals surface area contributed by atoms with Crippen LogP contribution >= 0.6 is 0 Å². The number of rotatable bonds is 3. The van der Waals surface area contributed by atoms with Crippen LogP contribution in [0.2, 0.25) is 0 Å². The molecule has 0 radical (unpaired) electrons. The Labute approximate surface area is 129 Å². The predicted molar refractivity (Wildman–Crippen MR) is 84.9 cm³/mol. The van der Waals surface area contributed by atoms with Crippen molar-refractivity contribution in [2.45, 2.75) is 31.3 Å². The fourth-order valence-corrected chi connectivity index (χ4v) is 3.29. The van der Waals surface area contributed by atoms with Gasteiger partial charge in [-0.3, -0.25) is 4.79 Å². The third kappa shape index (κ3) is 2.46. The van der Waals surface area contributed by atoms with E-state index in [-0.39, 0.29) is 11.9 Å². The molecule has 0 aliphatic carbocycles. The molecule has 3 rings (SSSR count). The van der Waals surface area contributed by atoms with Gasteiger partial charge >= 0.3 is 0 Å². The van der Waals surface area contributed by atoms with Gasteiger partial charge in [0.05, 0.1) is 12.1 Å². The SMILES string of the molecule is Cn1cc(CC(N)C(=O)N2CCC[C@H]2C#N)c2ccccc21. The molecule has 5 nitrogen and oxygen atoms in total. The van der Waals surface area contributed by atoms with E-state index in [2.05, 4.69) is 22.8 Å². The summed E-state index contributed by atoms with van der Waals surface area (Å²) < 4.78 is 2.05. The number of hydrogen-bond donors (Lipinski definition) is 1. The Kier molecular flexibility index (Phi) is 3.86. The lowest BCUT2D eigenvalue weighted by molar-refractivity contribution is -0.132. The van der Waals surface area contributed by atoms with Crippen LogP contribution in [0.25, 0.3) is 10.9 Å². The van der Waals surface area contributed by atoms with Gasteiger partial charge in [0.2, 0.25) is 5.91 Å². The number of benzene rings is 1. The number of likely N-dealkylation sites (tertiary alicyclic amines) is 1. The first-order valence-electron chi connectivity index (χ1n) is 7.60. The number of aryl methyl sites for hydroxylation is 1.